The zero-order valence-electron chi connectivity index (χ0n) is 11.1. The predicted molar refractivity (Wildman–Crippen MR) is 77.1 cm³/mol. The second-order valence-corrected chi connectivity index (χ2v) is 6.77. The van der Waals surface area contributed by atoms with Crippen LogP contribution in [0.2, 0.25) is 0 Å². The molecule has 0 amide bonds. The number of nitrogens with zero attached hydrogens (tertiary/aromatic N) is 1. The van der Waals surface area contributed by atoms with Gasteiger partial charge < -0.3 is 5.73 Å². The molecule has 0 aromatic carbocycles. The van der Waals surface area contributed by atoms with Crippen molar-refractivity contribution in [3.63, 3.8) is 0 Å². The third-order valence-corrected chi connectivity index (χ3v) is 4.25. The Bertz CT molecular complexity index is 338. The first-order chi connectivity index (χ1) is 7.98. The summed E-state index contributed by atoms with van der Waals surface area (Å²) in [6, 6.07) is 0. The fourth-order valence-corrected chi connectivity index (χ4v) is 3.52. The number of nitrogens with two attached hydrogens (primary N) is 1. The molecule has 0 atom stereocenters. The zero-order chi connectivity index (χ0) is 12.5. The van der Waals surface area contributed by atoms with E-state index in [1.807, 2.05) is 0 Å². The minimum atomic E-state index is 0.257. The van der Waals surface area contributed by atoms with Crippen molar-refractivity contribution in [2.45, 2.75) is 46.0 Å². The van der Waals surface area contributed by atoms with Crippen LogP contribution in [0, 0.1) is 5.41 Å². The van der Waals surface area contributed by atoms with Gasteiger partial charge in [0.05, 0.1) is 0 Å². The topological polar surface area (TPSA) is 29.3 Å². The first-order valence-corrected chi connectivity index (χ1v) is 7.12. The summed E-state index contributed by atoms with van der Waals surface area (Å²) >= 11 is 5.56. The van der Waals surface area contributed by atoms with Crippen LogP contribution < -0.4 is 5.73 Å². The molecule has 0 aromatic heterocycles. The molecule has 1 heterocycles. The van der Waals surface area contributed by atoms with E-state index < -0.39 is 0 Å². The molecule has 2 rings (SSSR count). The van der Waals surface area contributed by atoms with Gasteiger partial charge in [-0.1, -0.05) is 32.5 Å². The molecule has 0 unspecified atom stereocenters. The minimum Gasteiger partial charge on any atom is -0.402 e. The van der Waals surface area contributed by atoms with Crippen molar-refractivity contribution in [3.8, 4) is 0 Å². The second kappa shape index (κ2) is 5.07. The van der Waals surface area contributed by atoms with Gasteiger partial charge in [0.2, 0.25) is 0 Å². The smallest absolute Gasteiger partial charge is 0.0261 e. The third-order valence-electron chi connectivity index (χ3n) is 3.86. The SMILES string of the molecule is CC1(C)CC(=S)C(CN2CCCCC2)=C(N)C1. The van der Waals surface area contributed by atoms with Crippen LogP contribution in [0.15, 0.2) is 11.3 Å². The third kappa shape index (κ3) is 3.29. The molecule has 3 heteroatoms. The fourth-order valence-electron chi connectivity index (χ4n) is 2.94. The average molecular weight is 252 g/mol. The van der Waals surface area contributed by atoms with Gasteiger partial charge in [0.25, 0.3) is 0 Å². The van der Waals surface area contributed by atoms with Crippen LogP contribution in [0.1, 0.15) is 46.0 Å². The Hall–Kier alpha value is -0.410. The maximum atomic E-state index is 6.23. The summed E-state index contributed by atoms with van der Waals surface area (Å²) in [6.07, 6.45) is 6.04. The molecule has 2 aliphatic rings. The van der Waals surface area contributed by atoms with Crippen LogP contribution >= 0.6 is 12.2 Å². The van der Waals surface area contributed by atoms with Crippen LogP contribution in [0.25, 0.3) is 0 Å². The monoisotopic (exact) mass is 252 g/mol. The number of thiocarbonyl (C=S) groups is 1. The number of rotatable bonds is 2. The van der Waals surface area contributed by atoms with E-state index in [1.165, 1.54) is 37.9 Å². The van der Waals surface area contributed by atoms with Gasteiger partial charge in [0.15, 0.2) is 0 Å². The van der Waals surface area contributed by atoms with Crippen molar-refractivity contribution in [1.82, 2.24) is 4.90 Å². The van der Waals surface area contributed by atoms with E-state index >= 15 is 0 Å². The molecule has 0 spiro atoms. The molecule has 0 bridgehead atoms. The molecule has 2 N–H and O–H groups in total. The summed E-state index contributed by atoms with van der Waals surface area (Å²) in [4.78, 5) is 3.61. The standard InChI is InChI=1S/C14H24N2S/c1-14(2)8-12(15)11(13(17)9-14)10-16-6-4-3-5-7-16/h3-10,15H2,1-2H3. The minimum absolute atomic E-state index is 0.257. The lowest BCUT2D eigenvalue weighted by Crippen LogP contribution is -2.37. The van der Waals surface area contributed by atoms with E-state index in [-0.39, 0.29) is 5.41 Å². The van der Waals surface area contributed by atoms with Crippen molar-refractivity contribution < 1.29 is 0 Å². The average Bonchev–Trinajstić information content (AvgIpc) is 2.24. The fraction of sp³-hybridized carbons (Fsp3) is 0.786. The Kier molecular flexibility index (Phi) is 3.88. The van der Waals surface area contributed by atoms with Crippen molar-refractivity contribution in [3.05, 3.63) is 11.3 Å². The van der Waals surface area contributed by atoms with Gasteiger partial charge >= 0.3 is 0 Å². The quantitative estimate of drug-likeness (QED) is 0.766. The maximum absolute atomic E-state index is 6.23. The van der Waals surface area contributed by atoms with Crippen molar-refractivity contribution in [2.24, 2.45) is 11.1 Å². The summed E-state index contributed by atoms with van der Waals surface area (Å²) in [5, 5.41) is 0. The van der Waals surface area contributed by atoms with Gasteiger partial charge in [-0.2, -0.15) is 0 Å². The van der Waals surface area contributed by atoms with Crippen LogP contribution in [-0.4, -0.2) is 29.4 Å². The van der Waals surface area contributed by atoms with E-state index in [1.54, 1.807) is 0 Å². The molecule has 1 saturated heterocycles. The molecular formula is C14H24N2S. The highest BCUT2D eigenvalue weighted by molar-refractivity contribution is 7.80. The Labute approximate surface area is 110 Å². The van der Waals surface area contributed by atoms with Gasteiger partial charge in [0, 0.05) is 17.1 Å². The molecule has 1 fully saturated rings. The largest absolute Gasteiger partial charge is 0.402 e. The number of hydrogen-bond acceptors (Lipinski definition) is 3. The first kappa shape index (κ1) is 13.0. The molecule has 2 nitrogen and oxygen atoms in total. The van der Waals surface area contributed by atoms with Gasteiger partial charge in [-0.3, -0.25) is 4.90 Å². The number of hydrogen-bond donors (Lipinski definition) is 1. The lowest BCUT2D eigenvalue weighted by atomic mass is 9.76. The number of likely N-dealkylation sites (tertiary alicyclic amines) is 1. The van der Waals surface area contributed by atoms with Gasteiger partial charge in [-0.05, 0) is 49.8 Å². The lowest BCUT2D eigenvalue weighted by Gasteiger charge is -2.35. The summed E-state index contributed by atoms with van der Waals surface area (Å²) in [5.41, 5.74) is 8.79. The van der Waals surface area contributed by atoms with E-state index in [0.29, 0.717) is 0 Å². The Morgan fingerprint density at radius 1 is 1.18 bits per heavy atom. The Morgan fingerprint density at radius 3 is 2.41 bits per heavy atom. The van der Waals surface area contributed by atoms with Gasteiger partial charge in [0.1, 0.15) is 0 Å². The van der Waals surface area contributed by atoms with Crippen molar-refractivity contribution >= 4 is 17.1 Å². The summed E-state index contributed by atoms with van der Waals surface area (Å²) < 4.78 is 0. The van der Waals surface area contributed by atoms with Crippen LogP contribution in [0.5, 0.6) is 0 Å². The van der Waals surface area contributed by atoms with E-state index in [4.69, 9.17) is 18.0 Å². The molecule has 17 heavy (non-hydrogen) atoms. The van der Waals surface area contributed by atoms with Crippen LogP contribution in [-0.2, 0) is 0 Å². The molecule has 96 valence electrons. The highest BCUT2D eigenvalue weighted by Crippen LogP contribution is 2.35. The van der Waals surface area contributed by atoms with Crippen molar-refractivity contribution in [2.75, 3.05) is 19.6 Å². The molecular weight excluding hydrogens is 228 g/mol. The number of allylic oxidation sites excluding steroid dienone is 1. The zero-order valence-corrected chi connectivity index (χ0v) is 11.9. The van der Waals surface area contributed by atoms with E-state index in [0.717, 1.165) is 29.9 Å². The highest BCUT2D eigenvalue weighted by atomic mass is 32.1. The Balaban J connectivity index is 2.06. The first-order valence-electron chi connectivity index (χ1n) is 6.71. The van der Waals surface area contributed by atoms with E-state index in [9.17, 15) is 0 Å². The van der Waals surface area contributed by atoms with Gasteiger partial charge in [-0.25, -0.2) is 0 Å². The molecule has 0 saturated carbocycles. The summed E-state index contributed by atoms with van der Waals surface area (Å²) in [6.45, 7) is 7.92. The Morgan fingerprint density at radius 2 is 1.82 bits per heavy atom. The van der Waals surface area contributed by atoms with Crippen LogP contribution in [0.3, 0.4) is 0 Å². The second-order valence-electron chi connectivity index (χ2n) is 6.28. The maximum Gasteiger partial charge on any atom is 0.0261 e. The summed E-state index contributed by atoms with van der Waals surface area (Å²) in [7, 11) is 0. The molecule has 1 aliphatic heterocycles. The highest BCUT2D eigenvalue weighted by Gasteiger charge is 2.30. The number of piperidine rings is 1. The normalized spacial score (nSPS) is 26.4. The van der Waals surface area contributed by atoms with Gasteiger partial charge in [-0.15, -0.1) is 0 Å². The predicted octanol–water partition coefficient (Wildman–Crippen LogP) is 2.88. The molecule has 0 radical (unpaired) electrons. The lowest BCUT2D eigenvalue weighted by molar-refractivity contribution is 0.246. The molecule has 1 aliphatic carbocycles. The van der Waals surface area contributed by atoms with Crippen LogP contribution in [0.4, 0.5) is 0 Å². The van der Waals surface area contributed by atoms with Crippen molar-refractivity contribution in [1.29, 1.82) is 0 Å². The summed E-state index contributed by atoms with van der Waals surface area (Å²) in [5.74, 6) is 0. The molecule has 0 aromatic rings. The van der Waals surface area contributed by atoms with E-state index in [2.05, 4.69) is 18.7 Å².